The molecule has 1 amide bonds. The number of carbonyl (C=O) groups excluding carboxylic acids is 1. The third-order valence-electron chi connectivity index (χ3n) is 7.83. The largest absolute Gasteiger partial charge is 0.451 e. The van der Waals surface area contributed by atoms with Crippen LogP contribution in [0.5, 0.6) is 11.5 Å². The summed E-state index contributed by atoms with van der Waals surface area (Å²) in [6, 6.07) is 4.02. The fourth-order valence-electron chi connectivity index (χ4n) is 5.89. The zero-order valence-electron chi connectivity index (χ0n) is 24.6. The number of nitrogens with one attached hydrogen (secondary N) is 1. The predicted molar refractivity (Wildman–Crippen MR) is 161 cm³/mol. The molecule has 2 aromatic rings. The number of nitrogens with zero attached hydrogens (tertiary/aromatic N) is 5. The van der Waals surface area contributed by atoms with Crippen molar-refractivity contribution in [3.8, 4) is 11.5 Å². The molecule has 0 bridgehead atoms. The second-order valence-corrected chi connectivity index (χ2v) is 12.6. The van der Waals surface area contributed by atoms with Crippen molar-refractivity contribution in [2.24, 2.45) is 11.8 Å². The van der Waals surface area contributed by atoms with Gasteiger partial charge in [0.05, 0.1) is 11.8 Å². The van der Waals surface area contributed by atoms with Gasteiger partial charge in [0.25, 0.3) is 5.91 Å². The van der Waals surface area contributed by atoms with E-state index in [-0.39, 0.29) is 23.6 Å². The standard InChI is InChI=1S/C30H45FN6O2S/c1-6-40-34-16-23-9-12-35(13-10-23)18-24-11-14-36(19-24)29-28(17-32-20-33-29)39-27-8-7-25(31)15-26(27)30(38)37(21(2)3)22(4)5/h7-8,15,17,20-24,34H,6,9-14,16,18-19H2,1-5H3/t24-/m0/s1. The van der Waals surface area contributed by atoms with E-state index < -0.39 is 5.82 Å². The molecule has 40 heavy (non-hydrogen) atoms. The summed E-state index contributed by atoms with van der Waals surface area (Å²) in [7, 11) is 0. The maximum absolute atomic E-state index is 14.3. The Morgan fingerprint density at radius 1 is 1.12 bits per heavy atom. The summed E-state index contributed by atoms with van der Waals surface area (Å²) in [6.45, 7) is 16.3. The van der Waals surface area contributed by atoms with Crippen molar-refractivity contribution in [1.82, 2.24) is 24.5 Å². The van der Waals surface area contributed by atoms with Gasteiger partial charge in [-0.05, 0) is 90.1 Å². The van der Waals surface area contributed by atoms with Gasteiger partial charge in [-0.3, -0.25) is 9.52 Å². The topological polar surface area (TPSA) is 73.8 Å². The molecule has 8 nitrogen and oxygen atoms in total. The second-order valence-electron chi connectivity index (χ2n) is 11.5. The smallest absolute Gasteiger partial charge is 0.258 e. The highest BCUT2D eigenvalue weighted by atomic mass is 32.2. The number of piperidine rings is 1. The van der Waals surface area contributed by atoms with Gasteiger partial charge in [0.15, 0.2) is 11.6 Å². The number of rotatable bonds is 12. The van der Waals surface area contributed by atoms with E-state index in [9.17, 15) is 9.18 Å². The molecule has 10 heteroatoms. The van der Waals surface area contributed by atoms with E-state index >= 15 is 0 Å². The Morgan fingerprint density at radius 3 is 2.55 bits per heavy atom. The predicted octanol–water partition coefficient (Wildman–Crippen LogP) is 5.46. The number of carbonyl (C=O) groups is 1. The first kappa shape index (κ1) is 30.5. The van der Waals surface area contributed by atoms with Crippen LogP contribution in [-0.2, 0) is 0 Å². The number of aromatic nitrogens is 2. The Labute approximate surface area is 243 Å². The molecule has 2 aliphatic heterocycles. The van der Waals surface area contributed by atoms with Crippen LogP contribution >= 0.6 is 11.9 Å². The third-order valence-corrected chi connectivity index (χ3v) is 8.48. The van der Waals surface area contributed by atoms with Crippen molar-refractivity contribution in [2.45, 2.75) is 66.0 Å². The van der Waals surface area contributed by atoms with E-state index in [1.807, 2.05) is 39.6 Å². The molecule has 1 aromatic carbocycles. The van der Waals surface area contributed by atoms with Gasteiger partial charge >= 0.3 is 0 Å². The van der Waals surface area contributed by atoms with Gasteiger partial charge in [-0.2, -0.15) is 0 Å². The molecular formula is C30H45FN6O2S. The third kappa shape index (κ3) is 7.85. The molecule has 1 aromatic heterocycles. The minimum Gasteiger partial charge on any atom is -0.451 e. The number of likely N-dealkylation sites (tertiary alicyclic amines) is 1. The van der Waals surface area contributed by atoms with Gasteiger partial charge in [-0.25, -0.2) is 14.4 Å². The van der Waals surface area contributed by atoms with Crippen LogP contribution in [0.3, 0.4) is 0 Å². The zero-order valence-corrected chi connectivity index (χ0v) is 25.4. The quantitative estimate of drug-likeness (QED) is 0.265. The van der Waals surface area contributed by atoms with E-state index in [4.69, 9.17) is 4.74 Å². The van der Waals surface area contributed by atoms with Crippen molar-refractivity contribution in [1.29, 1.82) is 0 Å². The molecule has 220 valence electrons. The maximum atomic E-state index is 14.3. The molecule has 0 aliphatic carbocycles. The Balaban J connectivity index is 1.41. The van der Waals surface area contributed by atoms with Crippen LogP contribution in [0.2, 0.25) is 0 Å². The summed E-state index contributed by atoms with van der Waals surface area (Å²) in [5.41, 5.74) is 0.198. The first-order valence-electron chi connectivity index (χ1n) is 14.7. The number of amides is 1. The van der Waals surface area contributed by atoms with Crippen molar-refractivity contribution in [3.63, 3.8) is 0 Å². The van der Waals surface area contributed by atoms with Crippen molar-refractivity contribution >= 4 is 23.7 Å². The normalized spacial score (nSPS) is 18.6. The Morgan fingerprint density at radius 2 is 1.85 bits per heavy atom. The SMILES string of the molecule is CCSNCC1CCN(C[C@@H]2CCN(c3ncncc3Oc3ccc(F)cc3C(=O)N(C(C)C)C(C)C)C2)CC1. The Bertz CT molecular complexity index is 1100. The number of ether oxygens (including phenoxy) is 1. The molecule has 2 saturated heterocycles. The first-order chi connectivity index (χ1) is 19.3. The second kappa shape index (κ2) is 14.5. The first-order valence-corrected chi connectivity index (χ1v) is 15.7. The van der Waals surface area contributed by atoms with Crippen LogP contribution < -0.4 is 14.4 Å². The van der Waals surface area contributed by atoms with E-state index in [1.165, 1.54) is 37.4 Å². The Hall–Kier alpha value is -2.43. The summed E-state index contributed by atoms with van der Waals surface area (Å²) in [5, 5.41) is 0. The van der Waals surface area contributed by atoms with E-state index in [0.29, 0.717) is 23.2 Å². The monoisotopic (exact) mass is 572 g/mol. The lowest BCUT2D eigenvalue weighted by atomic mass is 9.96. The van der Waals surface area contributed by atoms with Crippen LogP contribution in [-0.4, -0.2) is 82.8 Å². The summed E-state index contributed by atoms with van der Waals surface area (Å²) in [5.74, 6) is 3.19. The zero-order chi connectivity index (χ0) is 28.6. The molecule has 0 unspecified atom stereocenters. The van der Waals surface area contributed by atoms with Crippen molar-refractivity contribution < 1.29 is 13.9 Å². The highest BCUT2D eigenvalue weighted by molar-refractivity contribution is 7.97. The van der Waals surface area contributed by atoms with Crippen LogP contribution in [0.1, 0.15) is 64.2 Å². The molecule has 3 heterocycles. The van der Waals surface area contributed by atoms with Gasteiger partial charge in [-0.15, -0.1) is 0 Å². The van der Waals surface area contributed by atoms with E-state index in [0.717, 1.165) is 57.4 Å². The van der Waals surface area contributed by atoms with E-state index in [2.05, 4.69) is 31.4 Å². The molecule has 1 atom stereocenters. The fourth-order valence-corrected chi connectivity index (χ4v) is 6.45. The van der Waals surface area contributed by atoms with Crippen LogP contribution in [0, 0.1) is 17.7 Å². The van der Waals surface area contributed by atoms with Gasteiger partial charge in [-0.1, -0.05) is 18.9 Å². The molecular weight excluding hydrogens is 527 g/mol. The lowest BCUT2D eigenvalue weighted by molar-refractivity contribution is 0.0640. The molecule has 2 aliphatic rings. The highest BCUT2D eigenvalue weighted by Crippen LogP contribution is 2.35. The number of hydrogen-bond donors (Lipinski definition) is 1. The van der Waals surface area contributed by atoms with Gasteiger partial charge in [0.1, 0.15) is 17.9 Å². The summed E-state index contributed by atoms with van der Waals surface area (Å²) in [6.07, 6.45) is 6.76. The van der Waals surface area contributed by atoms with Gasteiger partial charge < -0.3 is 19.4 Å². The molecule has 2 fully saturated rings. The van der Waals surface area contributed by atoms with Crippen LogP contribution in [0.15, 0.2) is 30.7 Å². The molecule has 4 rings (SSSR count). The Kier molecular flexibility index (Phi) is 11.0. The number of anilines is 1. The lowest BCUT2D eigenvalue weighted by Crippen LogP contribution is -2.42. The van der Waals surface area contributed by atoms with Crippen molar-refractivity contribution in [2.75, 3.05) is 49.9 Å². The van der Waals surface area contributed by atoms with Crippen LogP contribution in [0.25, 0.3) is 0 Å². The summed E-state index contributed by atoms with van der Waals surface area (Å²) < 4.78 is 24.1. The van der Waals surface area contributed by atoms with E-state index in [1.54, 1.807) is 11.1 Å². The average molecular weight is 573 g/mol. The molecule has 0 radical (unpaired) electrons. The molecule has 0 spiro atoms. The number of benzene rings is 1. The minimum atomic E-state index is -0.477. The summed E-state index contributed by atoms with van der Waals surface area (Å²) >= 11 is 1.81. The molecule has 0 saturated carbocycles. The lowest BCUT2D eigenvalue weighted by Gasteiger charge is -2.33. The minimum absolute atomic E-state index is 0.0386. The van der Waals surface area contributed by atoms with Gasteiger partial charge in [0.2, 0.25) is 0 Å². The fraction of sp³-hybridized carbons (Fsp3) is 0.633. The number of hydrogen-bond acceptors (Lipinski definition) is 8. The highest BCUT2D eigenvalue weighted by Gasteiger charge is 2.30. The number of halogens is 1. The summed E-state index contributed by atoms with van der Waals surface area (Å²) in [4.78, 5) is 28.8. The maximum Gasteiger partial charge on any atom is 0.258 e. The average Bonchev–Trinajstić information content (AvgIpc) is 3.39. The van der Waals surface area contributed by atoms with Gasteiger partial charge in [0, 0.05) is 44.0 Å². The van der Waals surface area contributed by atoms with Crippen molar-refractivity contribution in [3.05, 3.63) is 42.1 Å². The van der Waals surface area contributed by atoms with Crippen LogP contribution in [0.4, 0.5) is 10.2 Å². The molecule has 1 N–H and O–H groups in total.